The Hall–Kier alpha value is -1.41. The molecule has 0 aliphatic carbocycles. The van der Waals surface area contributed by atoms with Gasteiger partial charge in [0.1, 0.15) is 6.10 Å². The van der Waals surface area contributed by atoms with Crippen LogP contribution in [-0.4, -0.2) is 11.9 Å². The summed E-state index contributed by atoms with van der Waals surface area (Å²) in [4.78, 5) is 11.6. The third kappa shape index (κ3) is 2.47. The van der Waals surface area contributed by atoms with Gasteiger partial charge in [0.15, 0.2) is 5.78 Å². The Labute approximate surface area is 102 Å². The molecule has 2 nitrogen and oxygen atoms in total. The summed E-state index contributed by atoms with van der Waals surface area (Å²) in [5, 5.41) is 0. The molecule has 2 heteroatoms. The van der Waals surface area contributed by atoms with Crippen molar-refractivity contribution >= 4 is 5.78 Å². The zero-order chi connectivity index (χ0) is 12.4. The van der Waals surface area contributed by atoms with Gasteiger partial charge in [0, 0.05) is 5.57 Å². The maximum Gasteiger partial charge on any atom is 0.158 e. The van der Waals surface area contributed by atoms with Gasteiger partial charge >= 0.3 is 0 Å². The van der Waals surface area contributed by atoms with E-state index in [1.54, 1.807) is 6.92 Å². The Morgan fingerprint density at radius 1 is 1.24 bits per heavy atom. The fraction of sp³-hybridized carbons (Fsp3) is 0.400. The van der Waals surface area contributed by atoms with Crippen molar-refractivity contribution in [1.29, 1.82) is 0 Å². The highest BCUT2D eigenvalue weighted by Gasteiger charge is 2.32. The second-order valence-electron chi connectivity index (χ2n) is 4.81. The molecule has 2 rings (SSSR count). The van der Waals surface area contributed by atoms with E-state index in [0.29, 0.717) is 5.92 Å². The normalized spacial score (nSPS) is 23.9. The average molecular weight is 230 g/mol. The zero-order valence-electron chi connectivity index (χ0n) is 10.5. The van der Waals surface area contributed by atoms with Crippen molar-refractivity contribution in [2.45, 2.75) is 33.0 Å². The van der Waals surface area contributed by atoms with Crippen LogP contribution in [0.4, 0.5) is 0 Å². The van der Waals surface area contributed by atoms with Crippen molar-refractivity contribution in [2.24, 2.45) is 5.92 Å². The summed E-state index contributed by atoms with van der Waals surface area (Å²) < 4.78 is 5.97. The SMILES string of the molecule is CC(=O)C1=CC(c2ccccc2)OC1C(C)C. The number of carbonyl (C=O) groups is 1. The highest BCUT2D eigenvalue weighted by atomic mass is 16.5. The van der Waals surface area contributed by atoms with Crippen LogP contribution in [0, 0.1) is 5.92 Å². The molecule has 0 bridgehead atoms. The minimum Gasteiger partial charge on any atom is -0.361 e. The van der Waals surface area contributed by atoms with Gasteiger partial charge in [-0.05, 0) is 24.5 Å². The number of ether oxygens (including phenoxy) is 1. The van der Waals surface area contributed by atoms with E-state index in [2.05, 4.69) is 13.8 Å². The molecule has 0 fully saturated rings. The van der Waals surface area contributed by atoms with E-state index in [0.717, 1.165) is 11.1 Å². The average Bonchev–Trinajstić information content (AvgIpc) is 2.75. The quantitative estimate of drug-likeness (QED) is 0.796. The van der Waals surface area contributed by atoms with Crippen LogP contribution in [0.3, 0.4) is 0 Å². The van der Waals surface area contributed by atoms with Crippen LogP contribution < -0.4 is 0 Å². The first-order valence-corrected chi connectivity index (χ1v) is 6.02. The lowest BCUT2D eigenvalue weighted by Crippen LogP contribution is -2.21. The molecule has 0 N–H and O–H groups in total. The molecule has 2 unspecified atom stereocenters. The summed E-state index contributed by atoms with van der Waals surface area (Å²) in [5.41, 5.74) is 1.92. The molecule has 17 heavy (non-hydrogen) atoms. The Morgan fingerprint density at radius 2 is 1.88 bits per heavy atom. The third-order valence-electron chi connectivity index (χ3n) is 3.07. The van der Waals surface area contributed by atoms with Crippen molar-refractivity contribution in [3.63, 3.8) is 0 Å². The van der Waals surface area contributed by atoms with Crippen LogP contribution in [-0.2, 0) is 9.53 Å². The van der Waals surface area contributed by atoms with Crippen LogP contribution >= 0.6 is 0 Å². The number of carbonyl (C=O) groups excluding carboxylic acids is 1. The predicted octanol–water partition coefficient (Wildman–Crippen LogP) is 3.30. The molecule has 90 valence electrons. The Morgan fingerprint density at radius 3 is 2.35 bits per heavy atom. The second kappa shape index (κ2) is 4.84. The van der Waals surface area contributed by atoms with Gasteiger partial charge in [-0.2, -0.15) is 0 Å². The van der Waals surface area contributed by atoms with E-state index in [4.69, 9.17) is 4.74 Å². The van der Waals surface area contributed by atoms with Crippen molar-refractivity contribution in [1.82, 2.24) is 0 Å². The number of hydrogen-bond acceptors (Lipinski definition) is 2. The van der Waals surface area contributed by atoms with E-state index >= 15 is 0 Å². The molecule has 0 radical (unpaired) electrons. The smallest absolute Gasteiger partial charge is 0.158 e. The van der Waals surface area contributed by atoms with E-state index in [1.807, 2.05) is 36.4 Å². The summed E-state index contributed by atoms with van der Waals surface area (Å²) >= 11 is 0. The van der Waals surface area contributed by atoms with Crippen molar-refractivity contribution in [3.8, 4) is 0 Å². The Bertz CT molecular complexity index is 431. The minimum atomic E-state index is -0.0810. The highest BCUT2D eigenvalue weighted by Crippen LogP contribution is 2.34. The van der Waals surface area contributed by atoms with Gasteiger partial charge in [-0.25, -0.2) is 0 Å². The molecule has 2 atom stereocenters. The summed E-state index contributed by atoms with van der Waals surface area (Å²) in [6, 6.07) is 10.0. The standard InChI is InChI=1S/C15H18O2/c1-10(2)15-13(11(3)16)9-14(17-15)12-7-5-4-6-8-12/h4-10,14-15H,1-3H3. The number of benzene rings is 1. The molecular formula is C15H18O2. The number of rotatable bonds is 3. The van der Waals surface area contributed by atoms with Gasteiger partial charge in [0.25, 0.3) is 0 Å². The van der Waals surface area contributed by atoms with E-state index in [1.165, 1.54) is 0 Å². The van der Waals surface area contributed by atoms with Gasteiger partial charge < -0.3 is 4.74 Å². The summed E-state index contributed by atoms with van der Waals surface area (Å²) in [7, 11) is 0. The fourth-order valence-corrected chi connectivity index (χ4v) is 2.18. The van der Waals surface area contributed by atoms with E-state index < -0.39 is 0 Å². The predicted molar refractivity (Wildman–Crippen MR) is 67.7 cm³/mol. The topological polar surface area (TPSA) is 26.3 Å². The summed E-state index contributed by atoms with van der Waals surface area (Å²) in [6.07, 6.45) is 1.81. The summed E-state index contributed by atoms with van der Waals surface area (Å²) in [6.45, 7) is 5.77. The van der Waals surface area contributed by atoms with Gasteiger partial charge in [-0.1, -0.05) is 44.2 Å². The maximum atomic E-state index is 11.6. The molecule has 0 saturated heterocycles. The van der Waals surface area contributed by atoms with Gasteiger partial charge in [0.2, 0.25) is 0 Å². The van der Waals surface area contributed by atoms with Crippen molar-refractivity contribution in [2.75, 3.05) is 0 Å². The first kappa shape index (κ1) is 12.1. The Balaban J connectivity index is 2.27. The number of hydrogen-bond donors (Lipinski definition) is 0. The Kier molecular flexibility index (Phi) is 3.43. The van der Waals surface area contributed by atoms with Crippen molar-refractivity contribution < 1.29 is 9.53 Å². The minimum absolute atomic E-state index is 0.0716. The number of Topliss-reactive ketones (excluding diaryl/α,β-unsaturated/α-hetero) is 1. The molecular weight excluding hydrogens is 212 g/mol. The molecule has 1 heterocycles. The lowest BCUT2D eigenvalue weighted by Gasteiger charge is -2.19. The highest BCUT2D eigenvalue weighted by molar-refractivity contribution is 5.94. The van der Waals surface area contributed by atoms with Crippen LogP contribution in [0.1, 0.15) is 32.4 Å². The molecule has 0 saturated carbocycles. The first-order valence-electron chi connectivity index (χ1n) is 6.02. The molecule has 0 amide bonds. The molecule has 1 aliphatic heterocycles. The second-order valence-corrected chi connectivity index (χ2v) is 4.81. The van der Waals surface area contributed by atoms with E-state index in [9.17, 15) is 4.79 Å². The molecule has 1 aromatic rings. The molecule has 1 aromatic carbocycles. The lowest BCUT2D eigenvalue weighted by molar-refractivity contribution is -0.114. The van der Waals surface area contributed by atoms with Crippen molar-refractivity contribution in [3.05, 3.63) is 47.5 Å². The summed E-state index contributed by atoms with van der Waals surface area (Å²) in [5.74, 6) is 0.431. The lowest BCUT2D eigenvalue weighted by atomic mass is 9.97. The molecule has 0 spiro atoms. The van der Waals surface area contributed by atoms with Crippen LogP contribution in [0.2, 0.25) is 0 Å². The van der Waals surface area contributed by atoms with Gasteiger partial charge in [-0.15, -0.1) is 0 Å². The first-order chi connectivity index (χ1) is 8.09. The van der Waals surface area contributed by atoms with Gasteiger partial charge in [0.05, 0.1) is 6.10 Å². The largest absolute Gasteiger partial charge is 0.361 e. The molecule has 0 aromatic heterocycles. The van der Waals surface area contributed by atoms with E-state index in [-0.39, 0.29) is 18.0 Å². The van der Waals surface area contributed by atoms with Gasteiger partial charge in [-0.3, -0.25) is 4.79 Å². The fourth-order valence-electron chi connectivity index (χ4n) is 2.18. The third-order valence-corrected chi connectivity index (χ3v) is 3.07. The maximum absolute atomic E-state index is 11.6. The van der Waals surface area contributed by atoms with Crippen LogP contribution in [0.5, 0.6) is 0 Å². The number of ketones is 1. The molecule has 1 aliphatic rings. The van der Waals surface area contributed by atoms with Crippen LogP contribution in [0.15, 0.2) is 42.0 Å². The van der Waals surface area contributed by atoms with Crippen LogP contribution in [0.25, 0.3) is 0 Å². The zero-order valence-corrected chi connectivity index (χ0v) is 10.5. The monoisotopic (exact) mass is 230 g/mol.